The number of amides is 2. The molecule has 1 saturated carbocycles. The summed E-state index contributed by atoms with van der Waals surface area (Å²) in [5, 5.41) is 0. The van der Waals surface area contributed by atoms with E-state index in [0.717, 1.165) is 23.2 Å². The van der Waals surface area contributed by atoms with Crippen molar-refractivity contribution in [3.63, 3.8) is 0 Å². The van der Waals surface area contributed by atoms with Crippen LogP contribution in [0.25, 0.3) is 11.0 Å². The number of carbonyl (C=O) groups is 2. The Morgan fingerprint density at radius 3 is 2.84 bits per heavy atom. The van der Waals surface area contributed by atoms with Crippen LogP contribution in [0.4, 0.5) is 0 Å². The van der Waals surface area contributed by atoms with Gasteiger partial charge in [0, 0.05) is 13.0 Å². The first-order valence-electron chi connectivity index (χ1n) is 8.16. The van der Waals surface area contributed by atoms with Crippen molar-refractivity contribution in [1.29, 1.82) is 0 Å². The number of benzene rings is 1. The lowest BCUT2D eigenvalue weighted by Crippen LogP contribution is -2.43. The lowest BCUT2D eigenvalue weighted by Gasteiger charge is -2.07. The van der Waals surface area contributed by atoms with Gasteiger partial charge in [-0.25, -0.2) is 4.98 Å². The number of aromatic nitrogens is 2. The topological polar surface area (TPSA) is 89.2 Å². The van der Waals surface area contributed by atoms with Gasteiger partial charge in [-0.1, -0.05) is 12.1 Å². The molecule has 0 radical (unpaired) electrons. The number of furan rings is 1. The zero-order chi connectivity index (χ0) is 17.4. The molecule has 0 spiro atoms. The van der Waals surface area contributed by atoms with Crippen molar-refractivity contribution >= 4 is 22.8 Å². The van der Waals surface area contributed by atoms with Crippen molar-refractivity contribution in [2.24, 2.45) is 13.0 Å². The smallest absolute Gasteiger partial charge is 0.245 e. The normalized spacial score (nSPS) is 18.9. The maximum absolute atomic E-state index is 12.1. The van der Waals surface area contributed by atoms with Crippen LogP contribution in [-0.4, -0.2) is 21.4 Å². The monoisotopic (exact) mass is 338 g/mol. The van der Waals surface area contributed by atoms with E-state index < -0.39 is 0 Å². The zero-order valence-electron chi connectivity index (χ0n) is 13.7. The maximum atomic E-state index is 12.1. The lowest BCUT2D eigenvalue weighted by molar-refractivity contribution is -0.129. The summed E-state index contributed by atoms with van der Waals surface area (Å²) >= 11 is 0. The minimum absolute atomic E-state index is 0.0950. The molecule has 0 unspecified atom stereocenters. The van der Waals surface area contributed by atoms with Crippen LogP contribution < -0.4 is 10.9 Å². The number of nitrogens with zero attached hydrogens (tertiary/aromatic N) is 2. The minimum atomic E-state index is -0.304. The van der Waals surface area contributed by atoms with E-state index in [-0.39, 0.29) is 30.1 Å². The molecule has 7 nitrogen and oxygen atoms in total. The Kier molecular flexibility index (Phi) is 3.76. The third-order valence-electron chi connectivity index (χ3n) is 4.56. The summed E-state index contributed by atoms with van der Waals surface area (Å²) in [5.74, 6) is 0.912. The molecular weight excluding hydrogens is 320 g/mol. The number of hydrogen-bond donors (Lipinski definition) is 2. The Morgan fingerprint density at radius 1 is 1.24 bits per heavy atom. The molecule has 1 fully saturated rings. The van der Waals surface area contributed by atoms with E-state index in [2.05, 4.69) is 15.8 Å². The van der Waals surface area contributed by atoms with Gasteiger partial charge in [0.05, 0.1) is 29.6 Å². The van der Waals surface area contributed by atoms with E-state index in [1.165, 1.54) is 0 Å². The number of hydrogen-bond acceptors (Lipinski definition) is 4. The molecular formula is C18H18N4O3. The zero-order valence-corrected chi connectivity index (χ0v) is 13.7. The minimum Gasteiger partial charge on any atom is -0.469 e. The fraction of sp³-hybridized carbons (Fsp3) is 0.278. The fourth-order valence-corrected chi connectivity index (χ4v) is 3.07. The molecule has 0 bridgehead atoms. The molecule has 2 N–H and O–H groups in total. The van der Waals surface area contributed by atoms with E-state index in [4.69, 9.17) is 4.42 Å². The van der Waals surface area contributed by atoms with Crippen molar-refractivity contribution in [2.75, 3.05) is 0 Å². The third kappa shape index (κ3) is 3.00. The van der Waals surface area contributed by atoms with Crippen LogP contribution >= 0.6 is 0 Å². The molecule has 3 aromatic rings. The number of imidazole rings is 1. The van der Waals surface area contributed by atoms with Gasteiger partial charge in [-0.2, -0.15) is 0 Å². The first-order chi connectivity index (χ1) is 12.1. The van der Waals surface area contributed by atoms with Crippen LogP contribution in [0, 0.1) is 5.92 Å². The molecule has 2 amide bonds. The van der Waals surface area contributed by atoms with Crippen LogP contribution in [0.1, 0.15) is 23.9 Å². The Morgan fingerprint density at radius 2 is 2.08 bits per heavy atom. The van der Waals surface area contributed by atoms with E-state index in [1.54, 1.807) is 12.3 Å². The fourth-order valence-electron chi connectivity index (χ4n) is 3.07. The number of hydrazine groups is 1. The lowest BCUT2D eigenvalue weighted by atomic mass is 10.2. The first kappa shape index (κ1) is 15.4. The summed E-state index contributed by atoms with van der Waals surface area (Å²) in [4.78, 5) is 28.6. The molecule has 1 aromatic carbocycles. The molecule has 2 aromatic heterocycles. The van der Waals surface area contributed by atoms with E-state index >= 15 is 0 Å². The van der Waals surface area contributed by atoms with Crippen LogP contribution in [0.15, 0.2) is 47.1 Å². The highest BCUT2D eigenvalue weighted by molar-refractivity contribution is 5.86. The van der Waals surface area contributed by atoms with Crippen molar-refractivity contribution in [1.82, 2.24) is 20.4 Å². The molecule has 1 aliphatic rings. The summed E-state index contributed by atoms with van der Waals surface area (Å²) in [6.07, 6.45) is 2.43. The molecule has 0 aliphatic heterocycles. The predicted molar refractivity (Wildman–Crippen MR) is 90.3 cm³/mol. The average Bonchev–Trinajstić information content (AvgIpc) is 3.10. The summed E-state index contributed by atoms with van der Waals surface area (Å²) in [6, 6.07) is 11.4. The van der Waals surface area contributed by atoms with Crippen LogP contribution in [0.2, 0.25) is 0 Å². The second-order valence-corrected chi connectivity index (χ2v) is 6.25. The highest BCUT2D eigenvalue weighted by Crippen LogP contribution is 2.47. The number of aryl methyl sites for hydroxylation is 1. The van der Waals surface area contributed by atoms with Gasteiger partial charge in [0.2, 0.25) is 11.8 Å². The van der Waals surface area contributed by atoms with Crippen molar-refractivity contribution in [2.45, 2.75) is 18.8 Å². The number of fused-ring (bicyclic) bond motifs is 1. The van der Waals surface area contributed by atoms with Gasteiger partial charge < -0.3 is 8.98 Å². The van der Waals surface area contributed by atoms with E-state index in [1.807, 2.05) is 41.9 Å². The Labute approximate surface area is 144 Å². The summed E-state index contributed by atoms with van der Waals surface area (Å²) in [7, 11) is 1.87. The summed E-state index contributed by atoms with van der Waals surface area (Å²) in [5.41, 5.74) is 6.77. The van der Waals surface area contributed by atoms with Crippen molar-refractivity contribution in [3.8, 4) is 0 Å². The van der Waals surface area contributed by atoms with Gasteiger partial charge in [-0.15, -0.1) is 0 Å². The Hall–Kier alpha value is -3.09. The Balaban J connectivity index is 1.32. The quantitative estimate of drug-likeness (QED) is 0.708. The van der Waals surface area contributed by atoms with Crippen LogP contribution in [-0.2, 0) is 23.1 Å². The number of rotatable bonds is 4. The van der Waals surface area contributed by atoms with Crippen LogP contribution in [0.5, 0.6) is 0 Å². The molecule has 0 saturated heterocycles. The SMILES string of the molecule is Cn1c(CC(=O)NNC(=O)[C@@H]2C[C@@H]2c2ccco2)nc2ccccc21. The largest absolute Gasteiger partial charge is 0.469 e. The molecule has 128 valence electrons. The standard InChI is InChI=1S/C18H18N4O3/c1-22-14-6-3-2-5-13(14)19-16(22)10-17(23)20-21-18(24)12-9-11(12)15-7-4-8-25-15/h2-8,11-12H,9-10H2,1H3,(H,20,23)(H,21,24)/t11-,12+/m0/s1. The van der Waals surface area contributed by atoms with Gasteiger partial charge in [0.25, 0.3) is 0 Å². The molecule has 25 heavy (non-hydrogen) atoms. The number of carbonyl (C=O) groups excluding carboxylic acids is 2. The number of nitrogens with one attached hydrogen (secondary N) is 2. The Bertz CT molecular complexity index is 929. The second-order valence-electron chi connectivity index (χ2n) is 6.25. The van der Waals surface area contributed by atoms with Crippen LogP contribution in [0.3, 0.4) is 0 Å². The maximum Gasteiger partial charge on any atom is 0.245 e. The highest BCUT2D eigenvalue weighted by Gasteiger charge is 2.46. The molecule has 2 atom stereocenters. The summed E-state index contributed by atoms with van der Waals surface area (Å²) < 4.78 is 7.19. The average molecular weight is 338 g/mol. The van der Waals surface area contributed by atoms with Gasteiger partial charge in [-0.05, 0) is 30.7 Å². The van der Waals surface area contributed by atoms with E-state index in [9.17, 15) is 9.59 Å². The van der Waals surface area contributed by atoms with E-state index in [0.29, 0.717) is 5.82 Å². The number of para-hydroxylation sites is 2. The van der Waals surface area contributed by atoms with Crippen molar-refractivity contribution < 1.29 is 14.0 Å². The third-order valence-corrected chi connectivity index (χ3v) is 4.56. The second kappa shape index (κ2) is 6.08. The summed E-state index contributed by atoms with van der Waals surface area (Å²) in [6.45, 7) is 0. The highest BCUT2D eigenvalue weighted by atomic mass is 16.3. The molecule has 1 aliphatic carbocycles. The van der Waals surface area contributed by atoms with Gasteiger partial charge in [-0.3, -0.25) is 20.4 Å². The predicted octanol–water partition coefficient (Wildman–Crippen LogP) is 1.66. The molecule has 2 heterocycles. The molecule has 4 rings (SSSR count). The molecule has 7 heteroatoms. The first-order valence-corrected chi connectivity index (χ1v) is 8.16. The van der Waals surface area contributed by atoms with Gasteiger partial charge >= 0.3 is 0 Å². The van der Waals surface area contributed by atoms with Gasteiger partial charge in [0.1, 0.15) is 11.6 Å². The van der Waals surface area contributed by atoms with Crippen molar-refractivity contribution in [3.05, 3.63) is 54.2 Å². The van der Waals surface area contributed by atoms with Gasteiger partial charge in [0.15, 0.2) is 0 Å².